The number of hydrogen-bond acceptors (Lipinski definition) is 2. The molecular formula is C17H26N2O. The van der Waals surface area contributed by atoms with Crippen molar-refractivity contribution in [1.82, 2.24) is 4.90 Å². The second-order valence-electron chi connectivity index (χ2n) is 6.08. The van der Waals surface area contributed by atoms with Gasteiger partial charge >= 0.3 is 0 Å². The minimum absolute atomic E-state index is 0.195. The molecule has 0 aliphatic heterocycles. The van der Waals surface area contributed by atoms with E-state index in [1.165, 1.54) is 11.1 Å². The standard InChI is InChI=1S/C17H26N2O/c1-3-19(13-15-9-5-4-8-14(15)2)16(20)12-17(18)10-6-7-11-17/h4-5,8-9H,3,6-7,10-13,18H2,1-2H3. The van der Waals surface area contributed by atoms with Crippen molar-refractivity contribution in [2.24, 2.45) is 5.73 Å². The van der Waals surface area contributed by atoms with Crippen LogP contribution in [0.15, 0.2) is 24.3 Å². The molecule has 0 spiro atoms. The highest BCUT2D eigenvalue weighted by molar-refractivity contribution is 5.77. The molecule has 1 aliphatic carbocycles. The first-order chi connectivity index (χ1) is 9.54. The lowest BCUT2D eigenvalue weighted by Crippen LogP contribution is -2.43. The molecule has 2 N–H and O–H groups in total. The minimum atomic E-state index is -0.254. The average molecular weight is 274 g/mol. The first-order valence-electron chi connectivity index (χ1n) is 7.65. The Hall–Kier alpha value is -1.35. The molecule has 1 fully saturated rings. The maximum atomic E-state index is 12.5. The van der Waals surface area contributed by atoms with Crippen LogP contribution in [0.5, 0.6) is 0 Å². The number of rotatable bonds is 5. The molecule has 0 radical (unpaired) electrons. The van der Waals surface area contributed by atoms with Gasteiger partial charge in [0, 0.05) is 25.0 Å². The van der Waals surface area contributed by atoms with Crippen molar-refractivity contribution in [1.29, 1.82) is 0 Å². The summed E-state index contributed by atoms with van der Waals surface area (Å²) < 4.78 is 0. The van der Waals surface area contributed by atoms with Gasteiger partial charge in [0.15, 0.2) is 0 Å². The van der Waals surface area contributed by atoms with Crippen molar-refractivity contribution in [2.45, 2.75) is 58.0 Å². The van der Waals surface area contributed by atoms with E-state index in [1.54, 1.807) is 0 Å². The van der Waals surface area contributed by atoms with Crippen LogP contribution < -0.4 is 5.73 Å². The van der Waals surface area contributed by atoms with Crippen LogP contribution >= 0.6 is 0 Å². The zero-order valence-corrected chi connectivity index (χ0v) is 12.7. The number of aryl methyl sites for hydroxylation is 1. The Bertz CT molecular complexity index is 464. The fraction of sp³-hybridized carbons (Fsp3) is 0.588. The lowest BCUT2D eigenvalue weighted by molar-refractivity contribution is -0.132. The lowest BCUT2D eigenvalue weighted by Gasteiger charge is -2.28. The monoisotopic (exact) mass is 274 g/mol. The third-order valence-corrected chi connectivity index (χ3v) is 4.46. The molecule has 2 rings (SSSR count). The summed E-state index contributed by atoms with van der Waals surface area (Å²) in [6.07, 6.45) is 4.79. The Morgan fingerprint density at radius 2 is 1.95 bits per heavy atom. The van der Waals surface area contributed by atoms with Gasteiger partial charge in [0.05, 0.1) is 0 Å². The third-order valence-electron chi connectivity index (χ3n) is 4.46. The molecular weight excluding hydrogens is 248 g/mol. The molecule has 0 heterocycles. The van der Waals surface area contributed by atoms with Gasteiger partial charge in [-0.1, -0.05) is 37.1 Å². The predicted molar refractivity (Wildman–Crippen MR) is 82.3 cm³/mol. The van der Waals surface area contributed by atoms with Gasteiger partial charge in [0.2, 0.25) is 5.91 Å². The van der Waals surface area contributed by atoms with E-state index in [9.17, 15) is 4.79 Å². The number of amides is 1. The molecule has 20 heavy (non-hydrogen) atoms. The fourth-order valence-corrected chi connectivity index (χ4v) is 3.04. The molecule has 1 aromatic rings. The fourth-order valence-electron chi connectivity index (χ4n) is 3.04. The van der Waals surface area contributed by atoms with Gasteiger partial charge in [-0.05, 0) is 37.8 Å². The Labute approximate surface area is 122 Å². The quantitative estimate of drug-likeness (QED) is 0.897. The van der Waals surface area contributed by atoms with E-state index in [2.05, 4.69) is 19.1 Å². The van der Waals surface area contributed by atoms with Crippen LogP contribution in [0.25, 0.3) is 0 Å². The number of nitrogens with two attached hydrogens (primary N) is 1. The minimum Gasteiger partial charge on any atom is -0.339 e. The molecule has 0 aromatic heterocycles. The zero-order chi connectivity index (χ0) is 14.6. The molecule has 1 amide bonds. The van der Waals surface area contributed by atoms with E-state index < -0.39 is 0 Å². The number of nitrogens with zero attached hydrogens (tertiary/aromatic N) is 1. The van der Waals surface area contributed by atoms with E-state index in [-0.39, 0.29) is 11.4 Å². The van der Waals surface area contributed by atoms with Crippen molar-refractivity contribution in [2.75, 3.05) is 6.54 Å². The largest absolute Gasteiger partial charge is 0.339 e. The van der Waals surface area contributed by atoms with E-state index in [0.717, 1.165) is 32.2 Å². The van der Waals surface area contributed by atoms with Crippen LogP contribution in [0, 0.1) is 6.92 Å². The van der Waals surface area contributed by atoms with Gasteiger partial charge in [-0.25, -0.2) is 0 Å². The summed E-state index contributed by atoms with van der Waals surface area (Å²) in [5, 5.41) is 0. The Morgan fingerprint density at radius 3 is 2.55 bits per heavy atom. The highest BCUT2D eigenvalue weighted by Gasteiger charge is 2.33. The molecule has 3 nitrogen and oxygen atoms in total. The Kier molecular flexibility index (Phi) is 4.81. The van der Waals surface area contributed by atoms with Gasteiger partial charge in [-0.2, -0.15) is 0 Å². The molecule has 0 saturated heterocycles. The molecule has 1 aromatic carbocycles. The van der Waals surface area contributed by atoms with Crippen LogP contribution in [-0.2, 0) is 11.3 Å². The Balaban J connectivity index is 2.01. The summed E-state index contributed by atoms with van der Waals surface area (Å²) in [6, 6.07) is 8.25. The van der Waals surface area contributed by atoms with E-state index >= 15 is 0 Å². The highest BCUT2D eigenvalue weighted by atomic mass is 16.2. The molecule has 110 valence electrons. The summed E-state index contributed by atoms with van der Waals surface area (Å²) in [7, 11) is 0. The van der Waals surface area contributed by atoms with Gasteiger partial charge in [-0.3, -0.25) is 4.79 Å². The maximum absolute atomic E-state index is 12.5. The number of hydrogen-bond donors (Lipinski definition) is 1. The van der Waals surface area contributed by atoms with Crippen molar-refractivity contribution < 1.29 is 4.79 Å². The molecule has 1 aliphatic rings. The van der Waals surface area contributed by atoms with Crippen molar-refractivity contribution in [3.05, 3.63) is 35.4 Å². The van der Waals surface area contributed by atoms with Crippen LogP contribution in [0.4, 0.5) is 0 Å². The second kappa shape index (κ2) is 6.40. The van der Waals surface area contributed by atoms with E-state index in [0.29, 0.717) is 13.0 Å². The van der Waals surface area contributed by atoms with Crippen LogP contribution in [0.2, 0.25) is 0 Å². The summed E-state index contributed by atoms with van der Waals surface area (Å²) in [6.45, 7) is 5.56. The first kappa shape index (κ1) is 15.0. The average Bonchev–Trinajstić information content (AvgIpc) is 2.84. The van der Waals surface area contributed by atoms with Crippen molar-refractivity contribution >= 4 is 5.91 Å². The van der Waals surface area contributed by atoms with E-state index in [4.69, 9.17) is 5.73 Å². The first-order valence-corrected chi connectivity index (χ1v) is 7.65. The molecule has 0 bridgehead atoms. The van der Waals surface area contributed by atoms with Crippen LogP contribution in [0.3, 0.4) is 0 Å². The normalized spacial score (nSPS) is 17.1. The maximum Gasteiger partial charge on any atom is 0.224 e. The molecule has 0 atom stereocenters. The summed E-state index contributed by atoms with van der Waals surface area (Å²) in [5.41, 5.74) is 8.53. The number of benzene rings is 1. The van der Waals surface area contributed by atoms with Crippen LogP contribution in [0.1, 0.15) is 50.2 Å². The van der Waals surface area contributed by atoms with Gasteiger partial charge in [0.1, 0.15) is 0 Å². The SMILES string of the molecule is CCN(Cc1ccccc1C)C(=O)CC1(N)CCCC1. The Morgan fingerprint density at radius 1 is 1.30 bits per heavy atom. The zero-order valence-electron chi connectivity index (χ0n) is 12.7. The second-order valence-corrected chi connectivity index (χ2v) is 6.08. The molecule has 1 saturated carbocycles. The third kappa shape index (κ3) is 3.60. The number of carbonyl (C=O) groups excluding carboxylic acids is 1. The van der Waals surface area contributed by atoms with E-state index in [1.807, 2.05) is 24.0 Å². The van der Waals surface area contributed by atoms with Crippen molar-refractivity contribution in [3.63, 3.8) is 0 Å². The van der Waals surface area contributed by atoms with Gasteiger partial charge < -0.3 is 10.6 Å². The summed E-state index contributed by atoms with van der Waals surface area (Å²) >= 11 is 0. The lowest BCUT2D eigenvalue weighted by atomic mass is 9.94. The van der Waals surface area contributed by atoms with Crippen molar-refractivity contribution in [3.8, 4) is 0 Å². The predicted octanol–water partition coefficient (Wildman–Crippen LogP) is 3.01. The highest BCUT2D eigenvalue weighted by Crippen LogP contribution is 2.30. The van der Waals surface area contributed by atoms with Crippen LogP contribution in [-0.4, -0.2) is 22.9 Å². The topological polar surface area (TPSA) is 46.3 Å². The molecule has 3 heteroatoms. The van der Waals surface area contributed by atoms with Gasteiger partial charge in [0.25, 0.3) is 0 Å². The summed E-state index contributed by atoms with van der Waals surface area (Å²) in [4.78, 5) is 14.4. The number of carbonyl (C=O) groups is 1. The summed E-state index contributed by atoms with van der Waals surface area (Å²) in [5.74, 6) is 0.195. The van der Waals surface area contributed by atoms with Gasteiger partial charge in [-0.15, -0.1) is 0 Å². The smallest absolute Gasteiger partial charge is 0.224 e. The molecule has 0 unspecified atom stereocenters.